The van der Waals surface area contributed by atoms with Crippen LogP contribution in [0.5, 0.6) is 0 Å². The number of halogens is 2. The van der Waals surface area contributed by atoms with Crippen molar-refractivity contribution < 1.29 is 62.7 Å². The van der Waals surface area contributed by atoms with E-state index >= 15 is 0 Å². The fraction of sp³-hybridized carbons (Fsp3) is 0.944. The lowest BCUT2D eigenvalue weighted by Gasteiger charge is -2.34. The molecule has 4 N–H and O–H groups in total. The summed E-state index contributed by atoms with van der Waals surface area (Å²) in [5, 5.41) is 25.5. The van der Waals surface area contributed by atoms with Gasteiger partial charge >= 0.3 is 0 Å². The Labute approximate surface area is 305 Å². The Morgan fingerprint density at radius 1 is 0.457 bits per heavy atom. The highest BCUT2D eigenvalue weighted by Gasteiger charge is 2.26. The normalized spacial score (nSPS) is 13.6. The molecule has 2 amide bonds. The van der Waals surface area contributed by atoms with Gasteiger partial charge in [-0.2, -0.15) is 0 Å². The van der Waals surface area contributed by atoms with Crippen molar-refractivity contribution in [3.05, 3.63) is 0 Å². The van der Waals surface area contributed by atoms with Gasteiger partial charge in [-0.15, -0.1) is 0 Å². The molecule has 0 rings (SSSR count). The second-order valence-electron chi connectivity index (χ2n) is 14.0. The second kappa shape index (κ2) is 34.6. The van der Waals surface area contributed by atoms with E-state index in [0.717, 1.165) is 64.7 Å². The van der Waals surface area contributed by atoms with Gasteiger partial charge in [0.25, 0.3) is 11.8 Å². The maximum absolute atomic E-state index is 12.6. The molecule has 10 heteroatoms. The first-order valence-electron chi connectivity index (χ1n) is 18.7. The minimum absolute atomic E-state index is 0. The summed E-state index contributed by atoms with van der Waals surface area (Å²) in [6.45, 7) is 9.89. The van der Waals surface area contributed by atoms with E-state index < -0.39 is 0 Å². The third kappa shape index (κ3) is 31.0. The summed E-state index contributed by atoms with van der Waals surface area (Å²) >= 11 is 0. The molecule has 0 spiro atoms. The predicted octanol–water partition coefficient (Wildman–Crippen LogP) is -0.0536. The van der Waals surface area contributed by atoms with Crippen LogP contribution in [0.4, 0.5) is 0 Å². The maximum atomic E-state index is 12.6. The molecule has 0 fully saturated rings. The van der Waals surface area contributed by atoms with E-state index in [1.54, 1.807) is 0 Å². The Hall–Kier alpha value is -0.260. The Kier molecular flexibility index (Phi) is 37.7. The highest BCUT2D eigenvalue weighted by molar-refractivity contribution is 5.77. The Balaban J connectivity index is -0.00000924. The van der Waals surface area contributed by atoms with Crippen molar-refractivity contribution in [1.82, 2.24) is 10.6 Å². The molecular formula is C36H76Br2N4O4. The van der Waals surface area contributed by atoms with Gasteiger partial charge in [0.05, 0.1) is 40.4 Å². The van der Waals surface area contributed by atoms with Gasteiger partial charge in [-0.1, -0.05) is 104 Å². The van der Waals surface area contributed by atoms with Crippen LogP contribution in [0.1, 0.15) is 142 Å². The third-order valence-electron chi connectivity index (χ3n) is 9.18. The summed E-state index contributed by atoms with van der Waals surface area (Å²) in [6, 6.07) is 0. The van der Waals surface area contributed by atoms with Crippen LogP contribution in [0.15, 0.2) is 0 Å². The summed E-state index contributed by atoms with van der Waals surface area (Å²) < 4.78 is 1.13. The van der Waals surface area contributed by atoms with Crippen LogP contribution >= 0.6 is 0 Å². The van der Waals surface area contributed by atoms with Crippen LogP contribution in [-0.2, 0) is 9.59 Å². The average molecular weight is 789 g/mol. The first-order chi connectivity index (χ1) is 21.2. The molecular weight excluding hydrogens is 712 g/mol. The van der Waals surface area contributed by atoms with Crippen molar-refractivity contribution in [1.29, 1.82) is 0 Å². The lowest BCUT2D eigenvalue weighted by atomic mass is 10.1. The van der Waals surface area contributed by atoms with E-state index in [-0.39, 0.29) is 59.0 Å². The summed E-state index contributed by atoms with van der Waals surface area (Å²) in [7, 11) is 4.15. The smallest absolute Gasteiger partial charge is 0.275 e. The second-order valence-corrected chi connectivity index (χ2v) is 14.0. The number of aliphatic hydroxyl groups excluding tert-OH is 2. The number of unbranched alkanes of at least 4 members (excludes halogenated alkanes) is 17. The zero-order valence-electron chi connectivity index (χ0n) is 30.6. The van der Waals surface area contributed by atoms with Crippen molar-refractivity contribution in [2.45, 2.75) is 142 Å². The van der Waals surface area contributed by atoms with Crippen LogP contribution in [0, 0.1) is 0 Å². The SMILES string of the molecule is CCCCCCCCCCNC(=O)C[N+](C)(CCO)CCCCCC[N+](C)(CCO)CC(=O)NCCCCCCCCCC.[Br-].[Br-]. The molecule has 0 aliphatic heterocycles. The molecule has 8 nitrogen and oxygen atoms in total. The monoisotopic (exact) mass is 786 g/mol. The van der Waals surface area contributed by atoms with E-state index in [9.17, 15) is 19.8 Å². The largest absolute Gasteiger partial charge is 1.00 e. The van der Waals surface area contributed by atoms with Crippen molar-refractivity contribution in [3.63, 3.8) is 0 Å². The van der Waals surface area contributed by atoms with Gasteiger partial charge in [0, 0.05) is 13.1 Å². The van der Waals surface area contributed by atoms with Crippen molar-refractivity contribution in [3.8, 4) is 0 Å². The molecule has 0 saturated heterocycles. The molecule has 0 aliphatic rings. The fourth-order valence-electron chi connectivity index (χ4n) is 6.14. The fourth-order valence-corrected chi connectivity index (χ4v) is 6.14. The number of hydrogen-bond acceptors (Lipinski definition) is 4. The third-order valence-corrected chi connectivity index (χ3v) is 9.18. The zero-order valence-corrected chi connectivity index (χ0v) is 33.7. The maximum Gasteiger partial charge on any atom is 0.275 e. The minimum atomic E-state index is 0. The van der Waals surface area contributed by atoms with Crippen molar-refractivity contribution in [2.24, 2.45) is 0 Å². The number of rotatable bonds is 33. The molecule has 2 unspecified atom stereocenters. The molecule has 0 heterocycles. The van der Waals surface area contributed by atoms with E-state index in [0.29, 0.717) is 35.1 Å². The molecule has 2 atom stereocenters. The number of quaternary nitrogens is 2. The number of carbonyl (C=O) groups excluding carboxylic acids is 2. The van der Waals surface area contributed by atoms with Gasteiger partial charge in [0.1, 0.15) is 13.1 Å². The van der Waals surface area contributed by atoms with Gasteiger partial charge in [-0.3, -0.25) is 9.59 Å². The van der Waals surface area contributed by atoms with Crippen molar-refractivity contribution >= 4 is 11.8 Å². The Morgan fingerprint density at radius 3 is 1.04 bits per heavy atom. The molecule has 46 heavy (non-hydrogen) atoms. The molecule has 0 bridgehead atoms. The molecule has 0 aromatic rings. The number of aliphatic hydroxyl groups is 2. The van der Waals surface area contributed by atoms with Crippen LogP contribution < -0.4 is 44.6 Å². The summed E-state index contributed by atoms with van der Waals surface area (Å²) in [4.78, 5) is 25.3. The first-order valence-corrected chi connectivity index (χ1v) is 18.7. The number of nitrogens with zero attached hydrogens (tertiary/aromatic N) is 2. The topological polar surface area (TPSA) is 98.7 Å². The summed E-state index contributed by atoms with van der Waals surface area (Å²) in [6.07, 6.45) is 24.2. The van der Waals surface area contributed by atoms with Crippen molar-refractivity contribution in [2.75, 3.05) is 79.7 Å². The number of nitrogens with one attached hydrogen (secondary N) is 2. The Bertz CT molecular complexity index is 636. The highest BCUT2D eigenvalue weighted by Crippen LogP contribution is 2.12. The highest BCUT2D eigenvalue weighted by atomic mass is 79.9. The van der Waals surface area contributed by atoms with Gasteiger partial charge < -0.3 is 63.8 Å². The van der Waals surface area contributed by atoms with E-state index in [1.807, 2.05) is 0 Å². The van der Waals surface area contributed by atoms with Gasteiger partial charge in [-0.25, -0.2) is 0 Å². The lowest BCUT2D eigenvalue weighted by molar-refractivity contribution is -0.903. The van der Waals surface area contributed by atoms with E-state index in [1.165, 1.54) is 89.9 Å². The number of carbonyl (C=O) groups is 2. The molecule has 278 valence electrons. The zero-order chi connectivity index (χ0) is 32.8. The first kappa shape index (κ1) is 50.1. The van der Waals surface area contributed by atoms with Gasteiger partial charge in [0.15, 0.2) is 13.1 Å². The molecule has 0 saturated carbocycles. The van der Waals surface area contributed by atoms with E-state index in [4.69, 9.17) is 0 Å². The van der Waals surface area contributed by atoms with Crippen LogP contribution in [0.2, 0.25) is 0 Å². The van der Waals surface area contributed by atoms with Crippen LogP contribution in [-0.4, -0.2) is 111 Å². The number of hydrogen-bond donors (Lipinski definition) is 4. The quantitative estimate of drug-likeness (QED) is 0.0555. The van der Waals surface area contributed by atoms with E-state index in [2.05, 4.69) is 38.6 Å². The molecule has 0 aromatic heterocycles. The average Bonchev–Trinajstić information content (AvgIpc) is 2.97. The standard InChI is InChI=1S/C36H74N4O4.2BrH/c1-5-7-9-11-13-15-17-21-25-37-35(43)33-39(3,29-31-41)27-23-19-20-24-28-40(4,30-32-42)34-36(44)38-26-22-18-16-14-12-10-8-6-2;;/h41-42H,5-34H2,1-4H3;2*1H. The number of likely N-dealkylation sites (N-methyl/N-ethyl adjacent to an activating group) is 2. The van der Waals surface area contributed by atoms with Crippen LogP contribution in [0.25, 0.3) is 0 Å². The predicted molar refractivity (Wildman–Crippen MR) is 185 cm³/mol. The van der Waals surface area contributed by atoms with Crippen LogP contribution in [0.3, 0.4) is 0 Å². The minimum Gasteiger partial charge on any atom is -1.00 e. The lowest BCUT2D eigenvalue weighted by Crippen LogP contribution is -3.00. The van der Waals surface area contributed by atoms with Gasteiger partial charge in [0.2, 0.25) is 0 Å². The molecule has 0 aromatic carbocycles. The summed E-state index contributed by atoms with van der Waals surface area (Å²) in [5.74, 6) is 0.170. The molecule has 0 radical (unpaired) electrons. The van der Waals surface area contributed by atoms with Gasteiger partial charge in [-0.05, 0) is 38.5 Å². The molecule has 0 aliphatic carbocycles. The summed E-state index contributed by atoms with van der Waals surface area (Å²) in [5.41, 5.74) is 0. The Morgan fingerprint density at radius 2 is 0.739 bits per heavy atom. The number of amides is 2.